The van der Waals surface area contributed by atoms with Crippen LogP contribution in [0.4, 0.5) is 0 Å². The van der Waals surface area contributed by atoms with Gasteiger partial charge in [-0.1, -0.05) is 36.4 Å². The van der Waals surface area contributed by atoms with Gasteiger partial charge in [-0.05, 0) is 62.1 Å². The molecule has 1 atom stereocenters. The van der Waals surface area contributed by atoms with Gasteiger partial charge >= 0.3 is 0 Å². The molecule has 1 aliphatic rings. The summed E-state index contributed by atoms with van der Waals surface area (Å²) in [7, 11) is 1.61. The summed E-state index contributed by atoms with van der Waals surface area (Å²) in [4.78, 5) is 27.2. The van der Waals surface area contributed by atoms with E-state index in [1.165, 1.54) is 17.2 Å². The molecular formula is C26H33N3O3. The van der Waals surface area contributed by atoms with E-state index in [1.54, 1.807) is 20.1 Å². The maximum absolute atomic E-state index is 12.6. The number of hydrogen-bond acceptors (Lipinski definition) is 4. The fraction of sp³-hybridized carbons (Fsp3) is 0.385. The lowest BCUT2D eigenvalue weighted by molar-refractivity contribution is -0.127. The van der Waals surface area contributed by atoms with Crippen LogP contribution in [0.2, 0.25) is 0 Å². The van der Waals surface area contributed by atoms with Crippen LogP contribution in [0, 0.1) is 0 Å². The highest BCUT2D eigenvalue weighted by molar-refractivity contribution is 5.95. The fourth-order valence-corrected chi connectivity index (χ4v) is 3.79. The van der Waals surface area contributed by atoms with Crippen LogP contribution >= 0.6 is 0 Å². The quantitative estimate of drug-likeness (QED) is 0.625. The van der Waals surface area contributed by atoms with Gasteiger partial charge in [0.05, 0.1) is 7.11 Å². The number of nitrogens with one attached hydrogen (secondary N) is 2. The average molecular weight is 436 g/mol. The summed E-state index contributed by atoms with van der Waals surface area (Å²) < 4.78 is 5.12. The molecule has 2 aromatic carbocycles. The lowest BCUT2D eigenvalue weighted by Crippen LogP contribution is -2.55. The van der Waals surface area contributed by atoms with Crippen molar-refractivity contribution >= 4 is 17.9 Å². The van der Waals surface area contributed by atoms with Crippen molar-refractivity contribution in [1.29, 1.82) is 0 Å². The number of nitrogens with zero attached hydrogens (tertiary/aromatic N) is 1. The second-order valence-corrected chi connectivity index (χ2v) is 8.81. The zero-order chi connectivity index (χ0) is 23.1. The van der Waals surface area contributed by atoms with Gasteiger partial charge in [0.15, 0.2) is 0 Å². The van der Waals surface area contributed by atoms with E-state index in [-0.39, 0.29) is 17.4 Å². The number of fused-ring (bicyclic) bond motifs is 1. The molecule has 2 aromatic rings. The summed E-state index contributed by atoms with van der Waals surface area (Å²) in [5.74, 6) is 0.255. The van der Waals surface area contributed by atoms with Gasteiger partial charge in [-0.15, -0.1) is 0 Å². The van der Waals surface area contributed by atoms with Gasteiger partial charge < -0.3 is 15.4 Å². The minimum Gasteiger partial charge on any atom is -0.497 e. The van der Waals surface area contributed by atoms with Crippen molar-refractivity contribution < 1.29 is 14.3 Å². The second-order valence-electron chi connectivity index (χ2n) is 8.81. The molecule has 1 unspecified atom stereocenters. The maximum Gasteiger partial charge on any atom is 0.244 e. The summed E-state index contributed by atoms with van der Waals surface area (Å²) in [5, 5.41) is 5.73. The highest BCUT2D eigenvalue weighted by Crippen LogP contribution is 2.25. The van der Waals surface area contributed by atoms with Gasteiger partial charge in [-0.2, -0.15) is 0 Å². The zero-order valence-corrected chi connectivity index (χ0v) is 19.4. The lowest BCUT2D eigenvalue weighted by atomic mass is 9.94. The Morgan fingerprint density at radius 2 is 1.81 bits per heavy atom. The molecule has 170 valence electrons. The monoisotopic (exact) mass is 435 g/mol. The van der Waals surface area contributed by atoms with E-state index < -0.39 is 6.04 Å². The number of ether oxygens (including phenoxy) is 1. The summed E-state index contributed by atoms with van der Waals surface area (Å²) >= 11 is 0. The van der Waals surface area contributed by atoms with Crippen molar-refractivity contribution in [1.82, 2.24) is 15.5 Å². The Morgan fingerprint density at radius 3 is 2.50 bits per heavy atom. The molecule has 6 nitrogen and oxygen atoms in total. The smallest absolute Gasteiger partial charge is 0.244 e. The summed E-state index contributed by atoms with van der Waals surface area (Å²) in [5.41, 5.74) is 3.44. The Labute approximate surface area is 190 Å². The molecule has 0 bridgehead atoms. The number of benzene rings is 2. The van der Waals surface area contributed by atoms with E-state index in [4.69, 9.17) is 4.74 Å². The summed E-state index contributed by atoms with van der Waals surface area (Å²) in [6.07, 6.45) is 4.15. The molecule has 2 amide bonds. The van der Waals surface area contributed by atoms with E-state index in [9.17, 15) is 9.59 Å². The molecule has 0 radical (unpaired) electrons. The minimum atomic E-state index is -0.624. The Balaban J connectivity index is 1.47. The first-order valence-corrected chi connectivity index (χ1v) is 11.0. The second kappa shape index (κ2) is 10.5. The Morgan fingerprint density at radius 1 is 1.12 bits per heavy atom. The highest BCUT2D eigenvalue weighted by atomic mass is 16.5. The zero-order valence-electron chi connectivity index (χ0n) is 19.4. The third-order valence-corrected chi connectivity index (χ3v) is 5.98. The molecule has 0 saturated carbocycles. The molecule has 32 heavy (non-hydrogen) atoms. The number of carbonyl (C=O) groups is 2. The lowest BCUT2D eigenvalue weighted by Gasteiger charge is -2.41. The molecule has 3 rings (SSSR count). The molecule has 0 aromatic heterocycles. The number of methoxy groups -OCH3 is 1. The van der Waals surface area contributed by atoms with Crippen LogP contribution in [-0.4, -0.2) is 48.5 Å². The van der Waals surface area contributed by atoms with Gasteiger partial charge in [-0.25, -0.2) is 0 Å². The predicted octanol–water partition coefficient (Wildman–Crippen LogP) is 3.17. The predicted molar refractivity (Wildman–Crippen MR) is 127 cm³/mol. The molecule has 1 heterocycles. The topological polar surface area (TPSA) is 70.7 Å². The largest absolute Gasteiger partial charge is 0.497 e. The van der Waals surface area contributed by atoms with Gasteiger partial charge in [-0.3, -0.25) is 14.5 Å². The summed E-state index contributed by atoms with van der Waals surface area (Å²) in [6, 6.07) is 15.3. The van der Waals surface area contributed by atoms with Crippen molar-refractivity contribution in [2.75, 3.05) is 20.2 Å². The van der Waals surface area contributed by atoms with E-state index in [2.05, 4.69) is 53.6 Å². The van der Waals surface area contributed by atoms with Crippen molar-refractivity contribution in [3.05, 3.63) is 71.3 Å². The third kappa shape index (κ3) is 6.20. The molecule has 0 aliphatic carbocycles. The summed E-state index contributed by atoms with van der Waals surface area (Å²) in [6.45, 7) is 8.32. The highest BCUT2D eigenvalue weighted by Gasteiger charge is 2.30. The fourth-order valence-electron chi connectivity index (χ4n) is 3.79. The Kier molecular flexibility index (Phi) is 7.70. The van der Waals surface area contributed by atoms with Crippen molar-refractivity contribution in [2.45, 2.75) is 45.3 Å². The number of amides is 2. The van der Waals surface area contributed by atoms with Crippen LogP contribution in [-0.2, 0) is 22.6 Å². The van der Waals surface area contributed by atoms with Crippen LogP contribution in [0.25, 0.3) is 6.08 Å². The molecule has 6 heteroatoms. The van der Waals surface area contributed by atoms with Gasteiger partial charge in [0.1, 0.15) is 11.8 Å². The number of carbonyl (C=O) groups excluding carboxylic acids is 2. The van der Waals surface area contributed by atoms with Crippen LogP contribution in [0.5, 0.6) is 5.75 Å². The first-order chi connectivity index (χ1) is 15.3. The van der Waals surface area contributed by atoms with Crippen LogP contribution in [0.3, 0.4) is 0 Å². The van der Waals surface area contributed by atoms with E-state index in [0.717, 1.165) is 30.8 Å². The molecular weight excluding hydrogens is 402 g/mol. The van der Waals surface area contributed by atoms with Crippen molar-refractivity contribution in [3.63, 3.8) is 0 Å². The number of rotatable bonds is 8. The maximum atomic E-state index is 12.6. The minimum absolute atomic E-state index is 0.193. The molecule has 1 aliphatic heterocycles. The standard InChI is InChI=1S/C26H33N3O3/c1-19(28-24(30)14-11-20-9-12-23(32-4)13-10-20)25(31)27-18-26(2,3)29-16-15-21-7-5-6-8-22(21)17-29/h5-14,19H,15-18H2,1-4H3,(H,27,31)(H,28,30)/b14-11+. The molecule has 0 spiro atoms. The average Bonchev–Trinajstić information content (AvgIpc) is 2.81. The molecule has 0 fully saturated rings. The Hall–Kier alpha value is -3.12. The van der Waals surface area contributed by atoms with E-state index in [0.29, 0.717) is 6.54 Å². The van der Waals surface area contributed by atoms with E-state index in [1.807, 2.05) is 24.3 Å². The normalized spacial score (nSPS) is 15.1. The van der Waals surface area contributed by atoms with Gasteiger partial charge in [0.2, 0.25) is 11.8 Å². The Bertz CT molecular complexity index is 967. The van der Waals surface area contributed by atoms with E-state index >= 15 is 0 Å². The number of hydrogen-bond donors (Lipinski definition) is 2. The first-order valence-electron chi connectivity index (χ1n) is 11.0. The molecule has 2 N–H and O–H groups in total. The first kappa shape index (κ1) is 23.5. The van der Waals surface area contributed by atoms with Gasteiger partial charge in [0.25, 0.3) is 0 Å². The molecule has 0 saturated heterocycles. The van der Waals surface area contributed by atoms with Crippen LogP contribution < -0.4 is 15.4 Å². The SMILES string of the molecule is COc1ccc(/C=C/C(=O)NC(C)C(=O)NCC(C)(C)N2CCc3ccccc3C2)cc1. The third-order valence-electron chi connectivity index (χ3n) is 5.98. The van der Waals surface area contributed by atoms with Gasteiger partial charge in [0, 0.05) is 31.2 Å². The van der Waals surface area contributed by atoms with Crippen molar-refractivity contribution in [3.8, 4) is 5.75 Å². The van der Waals surface area contributed by atoms with Crippen LogP contribution in [0.15, 0.2) is 54.6 Å². The van der Waals surface area contributed by atoms with Crippen molar-refractivity contribution in [2.24, 2.45) is 0 Å². The van der Waals surface area contributed by atoms with Crippen LogP contribution in [0.1, 0.15) is 37.5 Å².